The van der Waals surface area contributed by atoms with Crippen molar-refractivity contribution in [2.24, 2.45) is 5.73 Å². The van der Waals surface area contributed by atoms with E-state index in [4.69, 9.17) is 5.73 Å². The van der Waals surface area contributed by atoms with Crippen molar-refractivity contribution in [2.45, 2.75) is 46.0 Å². The minimum absolute atomic E-state index is 0.526. The first-order valence-corrected chi connectivity index (χ1v) is 12.6. The minimum Gasteiger partial charge on any atom is -0.399 e. The molecule has 9 nitrogen and oxygen atoms in total. The van der Waals surface area contributed by atoms with Crippen molar-refractivity contribution in [3.05, 3.63) is 36.6 Å². The van der Waals surface area contributed by atoms with Gasteiger partial charge in [0.25, 0.3) is 0 Å². The van der Waals surface area contributed by atoms with Crippen LogP contribution in [-0.4, -0.2) is 84.7 Å². The van der Waals surface area contributed by atoms with Crippen LogP contribution in [0.2, 0.25) is 0 Å². The monoisotopic (exact) mass is 473 g/mol. The summed E-state index contributed by atoms with van der Waals surface area (Å²) in [6, 6.07) is 0. The van der Waals surface area contributed by atoms with Crippen LogP contribution < -0.4 is 21.7 Å². The highest BCUT2D eigenvalue weighted by atomic mass is 15.3. The molecule has 1 heterocycles. The molecule has 0 atom stereocenters. The molecule has 1 aromatic rings. The van der Waals surface area contributed by atoms with Crippen LogP contribution in [0.1, 0.15) is 46.0 Å². The number of hydrogen-bond donors (Lipinski definition) is 4. The Labute approximate surface area is 207 Å². The van der Waals surface area contributed by atoms with E-state index < -0.39 is 0 Å². The van der Waals surface area contributed by atoms with Crippen LogP contribution in [0.5, 0.6) is 0 Å². The zero-order chi connectivity index (χ0) is 25.0. The average Bonchev–Trinajstić information content (AvgIpc) is 2.82. The van der Waals surface area contributed by atoms with Gasteiger partial charge < -0.3 is 31.5 Å². The highest BCUT2D eigenvalue weighted by molar-refractivity contribution is 5.42. The zero-order valence-corrected chi connectivity index (χ0v) is 21.8. The van der Waals surface area contributed by atoms with E-state index in [1.54, 1.807) is 12.2 Å². The summed E-state index contributed by atoms with van der Waals surface area (Å²) in [5.41, 5.74) is 6.49. The predicted octanol–water partition coefficient (Wildman–Crippen LogP) is 3.55. The number of nitrogens with one attached hydrogen (secondary N) is 3. The molecular formula is C25H47N9. The number of aromatic nitrogens is 3. The van der Waals surface area contributed by atoms with Gasteiger partial charge >= 0.3 is 0 Å². The van der Waals surface area contributed by atoms with Crippen LogP contribution in [-0.2, 0) is 0 Å². The quantitative estimate of drug-likeness (QED) is 0.167. The Morgan fingerprint density at radius 3 is 1.97 bits per heavy atom. The van der Waals surface area contributed by atoms with Crippen molar-refractivity contribution >= 4 is 17.8 Å². The van der Waals surface area contributed by atoms with Gasteiger partial charge in [-0.1, -0.05) is 45.4 Å². The molecule has 0 saturated heterocycles. The highest BCUT2D eigenvalue weighted by Crippen LogP contribution is 2.10. The molecular weight excluding hydrogens is 426 g/mol. The van der Waals surface area contributed by atoms with Gasteiger partial charge in [0.05, 0.1) is 0 Å². The Morgan fingerprint density at radius 2 is 1.41 bits per heavy atom. The van der Waals surface area contributed by atoms with Crippen molar-refractivity contribution in [3.8, 4) is 0 Å². The van der Waals surface area contributed by atoms with Gasteiger partial charge in [-0.3, -0.25) is 0 Å². The maximum Gasteiger partial charge on any atom is 0.229 e. The average molecular weight is 474 g/mol. The molecule has 0 aliphatic carbocycles. The Morgan fingerprint density at radius 1 is 0.853 bits per heavy atom. The lowest BCUT2D eigenvalue weighted by atomic mass is 10.2. The molecule has 0 aliphatic rings. The lowest BCUT2D eigenvalue weighted by Crippen LogP contribution is -2.23. The molecule has 0 fully saturated rings. The zero-order valence-electron chi connectivity index (χ0n) is 21.8. The summed E-state index contributed by atoms with van der Waals surface area (Å²) in [5, 5.41) is 9.91. The molecule has 0 unspecified atom stereocenters. The van der Waals surface area contributed by atoms with Crippen molar-refractivity contribution in [1.29, 1.82) is 0 Å². The van der Waals surface area contributed by atoms with E-state index in [9.17, 15) is 0 Å². The molecule has 0 amide bonds. The topological polar surface area (TPSA) is 107 Å². The smallest absolute Gasteiger partial charge is 0.229 e. The summed E-state index contributed by atoms with van der Waals surface area (Å²) >= 11 is 0. The summed E-state index contributed by atoms with van der Waals surface area (Å²) in [7, 11) is 4.31. The second-order valence-corrected chi connectivity index (χ2v) is 8.46. The Balaban J connectivity index is 2.64. The van der Waals surface area contributed by atoms with Gasteiger partial charge in [0.15, 0.2) is 0 Å². The number of hydrogen-bond acceptors (Lipinski definition) is 9. The molecule has 9 heteroatoms. The predicted molar refractivity (Wildman–Crippen MR) is 146 cm³/mol. The summed E-state index contributed by atoms with van der Waals surface area (Å²) in [4.78, 5) is 18.3. The fourth-order valence-electron chi connectivity index (χ4n) is 3.15. The van der Waals surface area contributed by atoms with E-state index in [0.717, 1.165) is 52.1 Å². The van der Waals surface area contributed by atoms with Crippen LogP contribution in [0, 0.1) is 0 Å². The number of rotatable bonds is 20. The summed E-state index contributed by atoms with van der Waals surface area (Å²) in [5.74, 6) is 1.68. The van der Waals surface area contributed by atoms with Crippen LogP contribution >= 0.6 is 0 Å². The first-order chi connectivity index (χ1) is 16.5. The largest absolute Gasteiger partial charge is 0.399 e. The van der Waals surface area contributed by atoms with E-state index in [-0.39, 0.29) is 0 Å². The summed E-state index contributed by atoms with van der Waals surface area (Å²) in [6.07, 6.45) is 13.0. The van der Waals surface area contributed by atoms with Gasteiger partial charge in [0, 0.05) is 25.3 Å². The number of unbranched alkanes of at least 4 members (excludes halogenated alkanes) is 2. The van der Waals surface area contributed by atoms with Gasteiger partial charge in [-0.15, -0.1) is 0 Å². The molecule has 192 valence electrons. The number of anilines is 3. The molecule has 0 aromatic carbocycles. The second kappa shape index (κ2) is 18.7. The number of nitrogens with zero attached hydrogens (tertiary/aromatic N) is 5. The third-order valence-electron chi connectivity index (χ3n) is 5.32. The van der Waals surface area contributed by atoms with E-state index >= 15 is 0 Å². The molecule has 0 radical (unpaired) electrons. The van der Waals surface area contributed by atoms with Crippen LogP contribution in [0.15, 0.2) is 36.6 Å². The van der Waals surface area contributed by atoms with Gasteiger partial charge in [0.1, 0.15) is 0 Å². The second-order valence-electron chi connectivity index (χ2n) is 8.46. The van der Waals surface area contributed by atoms with Crippen LogP contribution in [0.3, 0.4) is 0 Å². The van der Waals surface area contributed by atoms with E-state index in [1.165, 1.54) is 19.3 Å². The van der Waals surface area contributed by atoms with Crippen molar-refractivity contribution in [1.82, 2.24) is 24.8 Å². The lowest BCUT2D eigenvalue weighted by molar-refractivity contribution is 0.324. The van der Waals surface area contributed by atoms with Gasteiger partial charge in [-0.05, 0) is 71.7 Å². The Hall–Kier alpha value is -2.65. The SMILES string of the molecule is C=C/C=C(N)\C=C/CNc1nc(NCCCN(C)CC)nc(NCCCN(C)CCCCC)n1. The number of nitrogens with two attached hydrogens (primary N) is 1. The third kappa shape index (κ3) is 14.5. The maximum atomic E-state index is 5.84. The van der Waals surface area contributed by atoms with Crippen molar-refractivity contribution in [2.75, 3.05) is 75.9 Å². The molecule has 34 heavy (non-hydrogen) atoms. The van der Waals surface area contributed by atoms with E-state index in [0.29, 0.717) is 30.1 Å². The normalized spacial score (nSPS) is 12.0. The molecule has 0 aliphatic heterocycles. The maximum absolute atomic E-state index is 5.84. The van der Waals surface area contributed by atoms with Crippen molar-refractivity contribution < 1.29 is 0 Å². The molecule has 0 saturated carbocycles. The highest BCUT2D eigenvalue weighted by Gasteiger charge is 2.07. The van der Waals surface area contributed by atoms with E-state index in [2.05, 4.69) is 75.2 Å². The first-order valence-electron chi connectivity index (χ1n) is 12.6. The fourth-order valence-corrected chi connectivity index (χ4v) is 3.15. The van der Waals surface area contributed by atoms with Gasteiger partial charge in [-0.25, -0.2) is 0 Å². The molecule has 0 bridgehead atoms. The summed E-state index contributed by atoms with van der Waals surface area (Å²) < 4.78 is 0. The van der Waals surface area contributed by atoms with Crippen LogP contribution in [0.4, 0.5) is 17.8 Å². The molecule has 0 spiro atoms. The van der Waals surface area contributed by atoms with Crippen molar-refractivity contribution in [3.63, 3.8) is 0 Å². The minimum atomic E-state index is 0.526. The van der Waals surface area contributed by atoms with Gasteiger partial charge in [-0.2, -0.15) is 15.0 Å². The van der Waals surface area contributed by atoms with Crippen LogP contribution in [0.25, 0.3) is 0 Å². The molecule has 1 aromatic heterocycles. The van der Waals surface area contributed by atoms with E-state index in [1.807, 2.05) is 12.2 Å². The fraction of sp³-hybridized carbons (Fsp3) is 0.640. The Kier molecular flexibility index (Phi) is 16.2. The number of allylic oxidation sites excluding steroid dienone is 3. The molecule has 1 rings (SSSR count). The lowest BCUT2D eigenvalue weighted by Gasteiger charge is -2.16. The van der Waals surface area contributed by atoms with Gasteiger partial charge in [0.2, 0.25) is 17.8 Å². The summed E-state index contributed by atoms with van der Waals surface area (Å²) in [6.45, 7) is 14.5. The Bertz CT molecular complexity index is 733. The standard InChI is InChI=1S/C25H47N9/c1-6-9-10-19-34(5)21-13-18-29-25-31-23(27-16-11-15-22(26)14-7-2)30-24(32-25)28-17-12-20-33(4)8-3/h7,11,14-15H,2,6,8-10,12-13,16-21,26H2,1,3-5H3,(H3,27,28,29,30,31,32)/b15-11-,22-14+. The molecule has 5 N–H and O–H groups in total. The first kappa shape index (κ1) is 29.4. The third-order valence-corrected chi connectivity index (χ3v) is 5.32.